The van der Waals surface area contributed by atoms with Crippen molar-refractivity contribution in [2.24, 2.45) is 11.8 Å². The lowest BCUT2D eigenvalue weighted by atomic mass is 9.83. The molecule has 2 nitrogen and oxygen atoms in total. The van der Waals surface area contributed by atoms with Crippen LogP contribution in [-0.4, -0.2) is 13.0 Å². The third kappa shape index (κ3) is 2.91. The molecule has 64 valence electrons. The molecular weight excluding hydrogens is 138 g/mol. The molecule has 0 saturated heterocycles. The maximum atomic E-state index is 10.0. The van der Waals surface area contributed by atoms with Gasteiger partial charge in [0.1, 0.15) is 0 Å². The van der Waals surface area contributed by atoms with E-state index in [2.05, 4.69) is 12.2 Å². The normalized spacial score (nSPS) is 31.4. The summed E-state index contributed by atoms with van der Waals surface area (Å²) in [6.45, 7) is 3.19. The van der Waals surface area contributed by atoms with Crippen LogP contribution in [-0.2, 0) is 4.79 Å². The van der Waals surface area contributed by atoms with Crippen molar-refractivity contribution in [1.82, 2.24) is 5.32 Å². The van der Waals surface area contributed by atoms with Gasteiger partial charge in [0, 0.05) is 6.54 Å². The average Bonchev–Trinajstić information content (AvgIpc) is 2.04. The van der Waals surface area contributed by atoms with E-state index in [-0.39, 0.29) is 0 Å². The first-order valence-corrected chi connectivity index (χ1v) is 4.50. The predicted octanol–water partition coefficient (Wildman–Crippen LogP) is 1.56. The quantitative estimate of drug-likeness (QED) is 0.616. The summed E-state index contributed by atoms with van der Waals surface area (Å²) in [5.74, 6) is 1.65. The van der Waals surface area contributed by atoms with E-state index in [1.807, 2.05) is 0 Å². The predicted molar refractivity (Wildman–Crippen MR) is 45.2 cm³/mol. The van der Waals surface area contributed by atoms with E-state index in [1.54, 1.807) is 0 Å². The zero-order valence-corrected chi connectivity index (χ0v) is 7.18. The molecule has 0 atom stereocenters. The van der Waals surface area contributed by atoms with Crippen molar-refractivity contribution < 1.29 is 4.79 Å². The molecule has 1 aliphatic rings. The van der Waals surface area contributed by atoms with E-state index in [9.17, 15) is 4.79 Å². The van der Waals surface area contributed by atoms with Gasteiger partial charge in [-0.15, -0.1) is 0 Å². The lowest BCUT2D eigenvalue weighted by Gasteiger charge is -2.25. The Morgan fingerprint density at radius 3 is 2.55 bits per heavy atom. The number of carbonyl (C=O) groups is 1. The topological polar surface area (TPSA) is 29.1 Å². The van der Waals surface area contributed by atoms with E-state index in [4.69, 9.17) is 0 Å². The van der Waals surface area contributed by atoms with Crippen molar-refractivity contribution in [2.45, 2.75) is 32.6 Å². The molecular formula is C9H17NO. The number of amides is 1. The van der Waals surface area contributed by atoms with Gasteiger partial charge in [-0.3, -0.25) is 4.79 Å². The minimum atomic E-state index is 0.747. The summed E-state index contributed by atoms with van der Waals surface area (Å²) in [6.07, 6.45) is 6.07. The molecule has 1 aliphatic carbocycles. The minimum Gasteiger partial charge on any atom is -0.358 e. The first-order chi connectivity index (χ1) is 5.33. The standard InChI is InChI=1S/C9H17NO/c1-8-2-4-9(5-3-8)6-10-7-11/h7-9H,2-6H2,1H3,(H,10,11). The molecule has 0 aromatic heterocycles. The Hall–Kier alpha value is -0.530. The Morgan fingerprint density at radius 1 is 1.36 bits per heavy atom. The molecule has 0 spiro atoms. The molecule has 0 aromatic carbocycles. The second kappa shape index (κ2) is 4.37. The molecule has 11 heavy (non-hydrogen) atoms. The third-order valence-electron chi connectivity index (χ3n) is 2.63. The van der Waals surface area contributed by atoms with Crippen molar-refractivity contribution in [1.29, 1.82) is 0 Å². The Labute approximate surface area is 68.4 Å². The van der Waals surface area contributed by atoms with Crippen LogP contribution >= 0.6 is 0 Å². The maximum Gasteiger partial charge on any atom is 0.207 e. The van der Waals surface area contributed by atoms with Crippen molar-refractivity contribution >= 4 is 6.41 Å². The van der Waals surface area contributed by atoms with E-state index in [0.29, 0.717) is 0 Å². The van der Waals surface area contributed by atoms with E-state index in [0.717, 1.165) is 24.8 Å². The van der Waals surface area contributed by atoms with Gasteiger partial charge in [-0.2, -0.15) is 0 Å². The molecule has 0 aromatic rings. The van der Waals surface area contributed by atoms with Crippen LogP contribution in [0, 0.1) is 11.8 Å². The van der Waals surface area contributed by atoms with Crippen LogP contribution in [0.15, 0.2) is 0 Å². The molecule has 1 N–H and O–H groups in total. The fourth-order valence-electron chi connectivity index (χ4n) is 1.75. The van der Waals surface area contributed by atoms with Gasteiger partial charge in [0.2, 0.25) is 6.41 Å². The van der Waals surface area contributed by atoms with E-state index >= 15 is 0 Å². The Bertz CT molecular complexity index is 117. The zero-order chi connectivity index (χ0) is 8.10. The Kier molecular flexibility index (Phi) is 3.40. The SMILES string of the molecule is CC1CCC(CNC=O)CC1. The van der Waals surface area contributed by atoms with Crippen LogP contribution in [0.5, 0.6) is 0 Å². The summed E-state index contributed by atoms with van der Waals surface area (Å²) in [5.41, 5.74) is 0. The lowest BCUT2D eigenvalue weighted by Crippen LogP contribution is -2.24. The summed E-state index contributed by atoms with van der Waals surface area (Å²) in [6, 6.07) is 0. The third-order valence-corrected chi connectivity index (χ3v) is 2.63. The van der Waals surface area contributed by atoms with Crippen LogP contribution in [0.2, 0.25) is 0 Å². The molecule has 0 bridgehead atoms. The highest BCUT2D eigenvalue weighted by atomic mass is 16.1. The lowest BCUT2D eigenvalue weighted by molar-refractivity contribution is -0.109. The van der Waals surface area contributed by atoms with Gasteiger partial charge in [0.25, 0.3) is 0 Å². The Balaban J connectivity index is 2.12. The molecule has 1 saturated carbocycles. The average molecular weight is 155 g/mol. The summed E-state index contributed by atoms with van der Waals surface area (Å²) >= 11 is 0. The molecule has 1 rings (SSSR count). The molecule has 1 amide bonds. The molecule has 0 unspecified atom stereocenters. The summed E-state index contributed by atoms with van der Waals surface area (Å²) < 4.78 is 0. The van der Waals surface area contributed by atoms with Crippen molar-refractivity contribution in [3.63, 3.8) is 0 Å². The minimum absolute atomic E-state index is 0.747. The van der Waals surface area contributed by atoms with Gasteiger partial charge in [-0.1, -0.05) is 19.8 Å². The van der Waals surface area contributed by atoms with Gasteiger partial charge < -0.3 is 5.32 Å². The fraction of sp³-hybridized carbons (Fsp3) is 0.889. The number of nitrogens with one attached hydrogen (secondary N) is 1. The van der Waals surface area contributed by atoms with Gasteiger partial charge >= 0.3 is 0 Å². The molecule has 0 aliphatic heterocycles. The number of hydrogen-bond donors (Lipinski definition) is 1. The van der Waals surface area contributed by atoms with E-state index in [1.165, 1.54) is 25.7 Å². The fourth-order valence-corrected chi connectivity index (χ4v) is 1.75. The van der Waals surface area contributed by atoms with Crippen LogP contribution in [0.4, 0.5) is 0 Å². The van der Waals surface area contributed by atoms with Crippen LogP contribution in [0.3, 0.4) is 0 Å². The molecule has 2 heteroatoms. The second-order valence-electron chi connectivity index (χ2n) is 3.65. The summed E-state index contributed by atoms with van der Waals surface area (Å²) in [4.78, 5) is 10.0. The first kappa shape index (κ1) is 8.57. The maximum absolute atomic E-state index is 10.0. The monoisotopic (exact) mass is 155 g/mol. The zero-order valence-electron chi connectivity index (χ0n) is 7.18. The Morgan fingerprint density at radius 2 is 2.00 bits per heavy atom. The largest absolute Gasteiger partial charge is 0.358 e. The molecule has 0 heterocycles. The van der Waals surface area contributed by atoms with Gasteiger partial charge in [0.05, 0.1) is 0 Å². The summed E-state index contributed by atoms with van der Waals surface area (Å²) in [5, 5.41) is 2.75. The van der Waals surface area contributed by atoms with Crippen molar-refractivity contribution in [2.75, 3.05) is 6.54 Å². The van der Waals surface area contributed by atoms with E-state index < -0.39 is 0 Å². The molecule has 1 fully saturated rings. The number of rotatable bonds is 3. The van der Waals surface area contributed by atoms with Gasteiger partial charge in [0.15, 0.2) is 0 Å². The van der Waals surface area contributed by atoms with Crippen molar-refractivity contribution in [3.05, 3.63) is 0 Å². The first-order valence-electron chi connectivity index (χ1n) is 4.50. The molecule has 0 radical (unpaired) electrons. The van der Waals surface area contributed by atoms with Gasteiger partial charge in [-0.05, 0) is 24.7 Å². The van der Waals surface area contributed by atoms with Crippen molar-refractivity contribution in [3.8, 4) is 0 Å². The highest BCUT2D eigenvalue weighted by Crippen LogP contribution is 2.27. The number of carbonyl (C=O) groups excluding carboxylic acids is 1. The second-order valence-corrected chi connectivity index (χ2v) is 3.65. The highest BCUT2D eigenvalue weighted by Gasteiger charge is 2.17. The van der Waals surface area contributed by atoms with Crippen LogP contribution in [0.25, 0.3) is 0 Å². The number of hydrogen-bond acceptors (Lipinski definition) is 1. The van der Waals surface area contributed by atoms with Crippen LogP contribution in [0.1, 0.15) is 32.6 Å². The van der Waals surface area contributed by atoms with Gasteiger partial charge in [-0.25, -0.2) is 0 Å². The smallest absolute Gasteiger partial charge is 0.207 e. The summed E-state index contributed by atoms with van der Waals surface area (Å²) in [7, 11) is 0. The highest BCUT2D eigenvalue weighted by molar-refractivity contribution is 5.45. The van der Waals surface area contributed by atoms with Crippen LogP contribution < -0.4 is 5.32 Å².